The molecule has 0 aliphatic heterocycles. The van der Waals surface area contributed by atoms with Crippen molar-refractivity contribution in [2.24, 2.45) is 0 Å². The van der Waals surface area contributed by atoms with Crippen LogP contribution in [-0.2, 0) is 24.2 Å². The molecule has 1 aromatic heterocycles. The average molecular weight is 528 g/mol. The predicted octanol–water partition coefficient (Wildman–Crippen LogP) is 6.27. The second-order valence-corrected chi connectivity index (χ2v) is 9.99. The minimum atomic E-state index is -0.402. The highest BCUT2D eigenvalue weighted by Gasteiger charge is 2.20. The van der Waals surface area contributed by atoms with Gasteiger partial charge in [-0.05, 0) is 60.5 Å². The van der Waals surface area contributed by atoms with Crippen LogP contribution in [0.25, 0.3) is 0 Å². The third kappa shape index (κ3) is 7.43. The van der Waals surface area contributed by atoms with Crippen LogP contribution >= 0.6 is 11.8 Å². The molecule has 0 saturated heterocycles. The standard InChI is InChI=1S/C30H29N3O4S/c1-22-6-13-28(14-7-22)38-29-15-10-26(33(35)36)20-24(29)21-32(18-16-25-5-3-4-17-31-25)30(34)19-23-8-11-27(37-2)12-9-23/h3-15,17,20H,16,18-19,21H2,1-2H3. The molecule has 38 heavy (non-hydrogen) atoms. The zero-order valence-electron chi connectivity index (χ0n) is 21.4. The number of rotatable bonds is 11. The van der Waals surface area contributed by atoms with E-state index in [1.165, 1.54) is 17.8 Å². The van der Waals surface area contributed by atoms with Gasteiger partial charge in [0.15, 0.2) is 0 Å². The smallest absolute Gasteiger partial charge is 0.269 e. The van der Waals surface area contributed by atoms with E-state index in [1.807, 2.05) is 73.7 Å². The van der Waals surface area contributed by atoms with E-state index in [4.69, 9.17) is 4.74 Å². The molecule has 0 aliphatic rings. The molecular weight excluding hydrogens is 498 g/mol. The number of aryl methyl sites for hydroxylation is 1. The molecule has 1 heterocycles. The highest BCUT2D eigenvalue weighted by Crippen LogP contribution is 2.33. The number of amides is 1. The van der Waals surface area contributed by atoms with Crippen molar-refractivity contribution in [2.75, 3.05) is 13.7 Å². The molecule has 0 unspecified atom stereocenters. The summed E-state index contributed by atoms with van der Waals surface area (Å²) in [4.78, 5) is 32.8. The van der Waals surface area contributed by atoms with Gasteiger partial charge < -0.3 is 9.64 Å². The van der Waals surface area contributed by atoms with Crippen LogP contribution in [0.4, 0.5) is 5.69 Å². The molecule has 1 amide bonds. The molecule has 4 aromatic rings. The van der Waals surface area contributed by atoms with E-state index in [1.54, 1.807) is 30.3 Å². The first-order valence-electron chi connectivity index (χ1n) is 12.2. The Hall–Kier alpha value is -4.17. The van der Waals surface area contributed by atoms with Crippen LogP contribution in [0.5, 0.6) is 5.75 Å². The summed E-state index contributed by atoms with van der Waals surface area (Å²) in [6, 6.07) is 26.1. The summed E-state index contributed by atoms with van der Waals surface area (Å²) in [5, 5.41) is 11.6. The second-order valence-electron chi connectivity index (χ2n) is 8.88. The lowest BCUT2D eigenvalue weighted by Crippen LogP contribution is -2.34. The van der Waals surface area contributed by atoms with Crippen molar-refractivity contribution in [1.29, 1.82) is 0 Å². The number of non-ortho nitro benzene ring substituents is 1. The molecule has 194 valence electrons. The van der Waals surface area contributed by atoms with Gasteiger partial charge in [-0.15, -0.1) is 0 Å². The van der Waals surface area contributed by atoms with Crippen LogP contribution < -0.4 is 4.74 Å². The molecule has 8 heteroatoms. The monoisotopic (exact) mass is 527 g/mol. The fraction of sp³-hybridized carbons (Fsp3) is 0.200. The van der Waals surface area contributed by atoms with Crippen LogP contribution in [0.1, 0.15) is 22.4 Å². The number of hydrogen-bond acceptors (Lipinski definition) is 6. The Morgan fingerprint density at radius 1 is 1.03 bits per heavy atom. The fourth-order valence-corrected chi connectivity index (χ4v) is 4.88. The zero-order chi connectivity index (χ0) is 26.9. The third-order valence-corrected chi connectivity index (χ3v) is 7.22. The molecule has 0 radical (unpaired) electrons. The maximum Gasteiger partial charge on any atom is 0.269 e. The van der Waals surface area contributed by atoms with Crippen molar-refractivity contribution in [3.05, 3.63) is 124 Å². The number of carbonyl (C=O) groups is 1. The van der Waals surface area contributed by atoms with Crippen molar-refractivity contribution in [3.8, 4) is 5.75 Å². The van der Waals surface area contributed by atoms with E-state index < -0.39 is 4.92 Å². The van der Waals surface area contributed by atoms with Crippen molar-refractivity contribution >= 4 is 23.4 Å². The molecule has 3 aromatic carbocycles. The van der Waals surface area contributed by atoms with Gasteiger partial charge in [0.1, 0.15) is 5.75 Å². The summed E-state index contributed by atoms with van der Waals surface area (Å²) >= 11 is 1.53. The van der Waals surface area contributed by atoms with Crippen molar-refractivity contribution in [1.82, 2.24) is 9.88 Å². The summed E-state index contributed by atoms with van der Waals surface area (Å²) in [6.07, 6.45) is 2.52. The third-order valence-electron chi connectivity index (χ3n) is 6.10. The average Bonchev–Trinajstić information content (AvgIpc) is 2.93. The van der Waals surface area contributed by atoms with Crippen molar-refractivity contribution < 1.29 is 14.5 Å². The first-order chi connectivity index (χ1) is 18.4. The van der Waals surface area contributed by atoms with Crippen molar-refractivity contribution in [3.63, 3.8) is 0 Å². The van der Waals surface area contributed by atoms with E-state index in [0.717, 1.165) is 37.9 Å². The number of nitro benzene ring substituents is 1. The lowest BCUT2D eigenvalue weighted by Gasteiger charge is -2.24. The molecule has 4 rings (SSSR count). The normalized spacial score (nSPS) is 10.7. The summed E-state index contributed by atoms with van der Waals surface area (Å²) in [6.45, 7) is 2.71. The van der Waals surface area contributed by atoms with Gasteiger partial charge in [0.05, 0.1) is 18.5 Å². The van der Waals surface area contributed by atoms with Crippen LogP contribution in [0.15, 0.2) is 101 Å². The van der Waals surface area contributed by atoms with E-state index in [-0.39, 0.29) is 24.6 Å². The molecule has 0 aliphatic carbocycles. The van der Waals surface area contributed by atoms with Crippen LogP contribution in [0, 0.1) is 17.0 Å². The van der Waals surface area contributed by atoms with Crippen LogP contribution in [0.3, 0.4) is 0 Å². The van der Waals surface area contributed by atoms with Gasteiger partial charge >= 0.3 is 0 Å². The molecule has 0 saturated carbocycles. The highest BCUT2D eigenvalue weighted by molar-refractivity contribution is 7.99. The Kier molecular flexibility index (Phi) is 9.11. The summed E-state index contributed by atoms with van der Waals surface area (Å²) in [5.41, 5.74) is 3.63. The van der Waals surface area contributed by atoms with E-state index in [2.05, 4.69) is 4.98 Å². The molecular formula is C30H29N3O4S. The van der Waals surface area contributed by atoms with E-state index in [0.29, 0.717) is 13.0 Å². The van der Waals surface area contributed by atoms with Gasteiger partial charge in [-0.3, -0.25) is 19.9 Å². The molecule has 0 atom stereocenters. The Labute approximate surface area is 226 Å². The maximum absolute atomic E-state index is 13.6. The van der Waals surface area contributed by atoms with Gasteiger partial charge in [0, 0.05) is 53.3 Å². The first kappa shape index (κ1) is 26.9. The van der Waals surface area contributed by atoms with Crippen LogP contribution in [0.2, 0.25) is 0 Å². The van der Waals surface area contributed by atoms with Crippen molar-refractivity contribution in [2.45, 2.75) is 36.1 Å². The molecule has 0 spiro atoms. The van der Waals surface area contributed by atoms with Gasteiger partial charge in [0.25, 0.3) is 5.69 Å². The minimum Gasteiger partial charge on any atom is -0.497 e. The lowest BCUT2D eigenvalue weighted by atomic mass is 10.1. The SMILES string of the molecule is COc1ccc(CC(=O)N(CCc2ccccn2)Cc2cc([N+](=O)[O-])ccc2Sc2ccc(C)cc2)cc1. The lowest BCUT2D eigenvalue weighted by molar-refractivity contribution is -0.385. The van der Waals surface area contributed by atoms with Crippen LogP contribution in [-0.4, -0.2) is 34.4 Å². The number of carbonyl (C=O) groups excluding carboxylic acids is 1. The van der Waals surface area contributed by atoms with Gasteiger partial charge in [-0.2, -0.15) is 0 Å². The Morgan fingerprint density at radius 3 is 2.45 bits per heavy atom. The topological polar surface area (TPSA) is 85.6 Å². The number of methoxy groups -OCH3 is 1. The predicted molar refractivity (Wildman–Crippen MR) is 148 cm³/mol. The first-order valence-corrected chi connectivity index (χ1v) is 13.1. The number of hydrogen-bond donors (Lipinski definition) is 0. The number of aromatic nitrogens is 1. The molecule has 0 N–H and O–H groups in total. The number of nitrogens with zero attached hydrogens (tertiary/aromatic N) is 3. The number of nitro groups is 1. The quantitative estimate of drug-likeness (QED) is 0.169. The highest BCUT2D eigenvalue weighted by atomic mass is 32.2. The maximum atomic E-state index is 13.6. The number of benzene rings is 3. The summed E-state index contributed by atoms with van der Waals surface area (Å²) < 4.78 is 5.23. The Morgan fingerprint density at radius 2 is 1.79 bits per heavy atom. The fourth-order valence-electron chi connectivity index (χ4n) is 3.96. The molecule has 0 bridgehead atoms. The minimum absolute atomic E-state index is 0.000496. The van der Waals surface area contributed by atoms with Gasteiger partial charge in [-0.25, -0.2) is 0 Å². The largest absolute Gasteiger partial charge is 0.497 e. The Balaban J connectivity index is 1.62. The molecule has 7 nitrogen and oxygen atoms in total. The second kappa shape index (κ2) is 12.9. The number of ether oxygens (including phenoxy) is 1. The van der Waals surface area contributed by atoms with E-state index in [9.17, 15) is 14.9 Å². The summed E-state index contributed by atoms with van der Waals surface area (Å²) in [5.74, 6) is 0.659. The van der Waals surface area contributed by atoms with Gasteiger partial charge in [0.2, 0.25) is 5.91 Å². The van der Waals surface area contributed by atoms with Gasteiger partial charge in [-0.1, -0.05) is 47.7 Å². The Bertz CT molecular complexity index is 1380. The molecule has 0 fully saturated rings. The van der Waals surface area contributed by atoms with E-state index >= 15 is 0 Å². The summed E-state index contributed by atoms with van der Waals surface area (Å²) in [7, 11) is 1.60. The zero-order valence-corrected chi connectivity index (χ0v) is 22.2. The number of pyridine rings is 1.